The first-order valence-electron chi connectivity index (χ1n) is 4.69. The monoisotopic (exact) mass is 228 g/mol. The molecule has 7 heteroatoms. The van der Waals surface area contributed by atoms with Crippen molar-refractivity contribution in [1.82, 2.24) is 15.5 Å². The highest BCUT2D eigenvalue weighted by molar-refractivity contribution is 7.81. The molecule has 0 spiro atoms. The topological polar surface area (TPSA) is 94.0 Å². The van der Waals surface area contributed by atoms with Gasteiger partial charge < -0.3 is 15.6 Å². The molecule has 82 valence electrons. The molecule has 0 unspecified atom stereocenters. The fourth-order valence-electron chi connectivity index (χ4n) is 1.42. The molecule has 15 heavy (non-hydrogen) atoms. The molecule has 1 aliphatic carbocycles. The number of carbonyl (C=O) groups is 1. The van der Waals surface area contributed by atoms with Gasteiger partial charge in [-0.3, -0.25) is 4.79 Å². The summed E-state index contributed by atoms with van der Waals surface area (Å²) >= 11 is 4.30. The summed E-state index contributed by atoms with van der Waals surface area (Å²) in [6.07, 6.45) is 2.09. The Balaban J connectivity index is 1.81. The standard InChI is InChI=1S/C8H12N4O2S/c9-7(13)8-11-6(12-14-8)3-10-4-1-5(15)2-4/h4-5,10,15H,1-3H2,(H2,9,13). The van der Waals surface area contributed by atoms with Crippen molar-refractivity contribution in [3.63, 3.8) is 0 Å². The highest BCUT2D eigenvalue weighted by Gasteiger charge is 2.25. The smallest absolute Gasteiger partial charge is 0.315 e. The lowest BCUT2D eigenvalue weighted by Crippen LogP contribution is -2.41. The molecule has 1 saturated carbocycles. The number of primary amides is 1. The SMILES string of the molecule is NC(=O)c1nc(CNC2CC(S)C2)no1. The first-order chi connectivity index (χ1) is 7.15. The van der Waals surface area contributed by atoms with E-state index in [1.807, 2.05) is 0 Å². The summed E-state index contributed by atoms with van der Waals surface area (Å²) in [6, 6.07) is 0.461. The number of nitrogens with two attached hydrogens (primary N) is 1. The predicted octanol–water partition coefficient (Wildman–Crippen LogP) is -0.281. The van der Waals surface area contributed by atoms with Crippen LogP contribution in [0, 0.1) is 0 Å². The second-order valence-corrected chi connectivity index (χ2v) is 4.31. The van der Waals surface area contributed by atoms with Gasteiger partial charge in [0.05, 0.1) is 6.54 Å². The van der Waals surface area contributed by atoms with Crippen LogP contribution in [-0.2, 0) is 6.54 Å². The Morgan fingerprint density at radius 2 is 2.40 bits per heavy atom. The van der Waals surface area contributed by atoms with Crippen LogP contribution in [-0.4, -0.2) is 27.3 Å². The Bertz CT molecular complexity index is 361. The van der Waals surface area contributed by atoms with Crippen LogP contribution in [0.2, 0.25) is 0 Å². The summed E-state index contributed by atoms with van der Waals surface area (Å²) in [5.41, 5.74) is 4.97. The average molecular weight is 228 g/mol. The van der Waals surface area contributed by atoms with E-state index in [2.05, 4.69) is 32.6 Å². The van der Waals surface area contributed by atoms with Crippen molar-refractivity contribution >= 4 is 18.5 Å². The van der Waals surface area contributed by atoms with Gasteiger partial charge in [0, 0.05) is 11.3 Å². The maximum atomic E-state index is 10.7. The van der Waals surface area contributed by atoms with Gasteiger partial charge in [0.1, 0.15) is 0 Å². The second kappa shape index (κ2) is 4.19. The molecule has 2 rings (SSSR count). The molecule has 0 saturated heterocycles. The van der Waals surface area contributed by atoms with E-state index in [9.17, 15) is 4.79 Å². The number of nitrogens with one attached hydrogen (secondary N) is 1. The molecule has 1 aromatic rings. The molecule has 0 aromatic carbocycles. The van der Waals surface area contributed by atoms with E-state index in [0.717, 1.165) is 12.8 Å². The number of aromatic nitrogens is 2. The molecule has 1 fully saturated rings. The quantitative estimate of drug-likeness (QED) is 0.616. The van der Waals surface area contributed by atoms with E-state index in [1.165, 1.54) is 0 Å². The Morgan fingerprint density at radius 3 is 2.93 bits per heavy atom. The molecule has 0 radical (unpaired) electrons. The van der Waals surface area contributed by atoms with Crippen LogP contribution in [0.25, 0.3) is 0 Å². The third-order valence-electron chi connectivity index (χ3n) is 2.34. The number of thiol groups is 1. The second-order valence-electron chi connectivity index (χ2n) is 3.58. The van der Waals surface area contributed by atoms with Gasteiger partial charge in [-0.05, 0) is 12.8 Å². The van der Waals surface area contributed by atoms with Gasteiger partial charge >= 0.3 is 11.8 Å². The van der Waals surface area contributed by atoms with Crippen LogP contribution in [0.15, 0.2) is 4.52 Å². The Labute approximate surface area is 92.0 Å². The van der Waals surface area contributed by atoms with Gasteiger partial charge in [-0.2, -0.15) is 17.6 Å². The number of hydrogen-bond donors (Lipinski definition) is 3. The summed E-state index contributed by atoms with van der Waals surface area (Å²) in [5, 5.41) is 7.34. The van der Waals surface area contributed by atoms with Crippen molar-refractivity contribution in [2.24, 2.45) is 5.73 Å². The van der Waals surface area contributed by atoms with Crippen LogP contribution >= 0.6 is 12.6 Å². The maximum Gasteiger partial charge on any atom is 0.315 e. The van der Waals surface area contributed by atoms with Crippen LogP contribution in [0.4, 0.5) is 0 Å². The van der Waals surface area contributed by atoms with Gasteiger partial charge in [0.2, 0.25) is 0 Å². The fourth-order valence-corrected chi connectivity index (χ4v) is 1.92. The first kappa shape index (κ1) is 10.4. The predicted molar refractivity (Wildman–Crippen MR) is 55.5 cm³/mol. The molecule has 6 nitrogen and oxygen atoms in total. The van der Waals surface area contributed by atoms with Crippen LogP contribution in [0.5, 0.6) is 0 Å². The lowest BCUT2D eigenvalue weighted by Gasteiger charge is -2.32. The molecule has 1 aromatic heterocycles. The molecule has 1 amide bonds. The van der Waals surface area contributed by atoms with E-state index in [0.29, 0.717) is 23.7 Å². The largest absolute Gasteiger partial charge is 0.361 e. The third kappa shape index (κ3) is 2.48. The molecular formula is C8H12N4O2S. The van der Waals surface area contributed by atoms with Crippen LogP contribution in [0.1, 0.15) is 29.4 Å². The normalized spacial score (nSPS) is 24.9. The number of carbonyl (C=O) groups excluding carboxylic acids is 1. The zero-order valence-corrected chi connectivity index (χ0v) is 8.91. The number of nitrogens with zero attached hydrogens (tertiary/aromatic N) is 2. The van der Waals surface area contributed by atoms with E-state index < -0.39 is 5.91 Å². The number of rotatable bonds is 4. The van der Waals surface area contributed by atoms with Crippen molar-refractivity contribution in [3.8, 4) is 0 Å². The highest BCUT2D eigenvalue weighted by Crippen LogP contribution is 2.24. The molecule has 0 aliphatic heterocycles. The summed E-state index contributed by atoms with van der Waals surface area (Å²) in [5.74, 6) is -0.397. The molecule has 1 heterocycles. The van der Waals surface area contributed by atoms with Gasteiger partial charge in [0.25, 0.3) is 0 Å². The van der Waals surface area contributed by atoms with Crippen LogP contribution in [0.3, 0.4) is 0 Å². The number of amides is 1. The van der Waals surface area contributed by atoms with Crippen molar-refractivity contribution < 1.29 is 9.32 Å². The Morgan fingerprint density at radius 1 is 1.67 bits per heavy atom. The van der Waals surface area contributed by atoms with E-state index in [-0.39, 0.29) is 5.89 Å². The van der Waals surface area contributed by atoms with Crippen molar-refractivity contribution in [1.29, 1.82) is 0 Å². The lowest BCUT2D eigenvalue weighted by atomic mass is 9.92. The van der Waals surface area contributed by atoms with Gasteiger partial charge in [0.15, 0.2) is 5.82 Å². The Kier molecular flexibility index (Phi) is 2.92. The van der Waals surface area contributed by atoms with Gasteiger partial charge in [-0.25, -0.2) is 0 Å². The van der Waals surface area contributed by atoms with Gasteiger partial charge in [-0.15, -0.1) is 0 Å². The molecular weight excluding hydrogens is 216 g/mol. The van der Waals surface area contributed by atoms with Crippen molar-refractivity contribution in [2.45, 2.75) is 30.7 Å². The first-order valence-corrected chi connectivity index (χ1v) is 5.20. The number of hydrogen-bond acceptors (Lipinski definition) is 6. The van der Waals surface area contributed by atoms with Gasteiger partial charge in [-0.1, -0.05) is 5.16 Å². The van der Waals surface area contributed by atoms with E-state index in [4.69, 9.17) is 5.73 Å². The van der Waals surface area contributed by atoms with Crippen molar-refractivity contribution in [3.05, 3.63) is 11.7 Å². The fraction of sp³-hybridized carbons (Fsp3) is 0.625. The summed E-state index contributed by atoms with van der Waals surface area (Å²) in [7, 11) is 0. The average Bonchev–Trinajstić information content (AvgIpc) is 2.59. The minimum atomic E-state index is -0.701. The maximum absolute atomic E-state index is 10.7. The van der Waals surface area contributed by atoms with Crippen molar-refractivity contribution in [2.75, 3.05) is 0 Å². The third-order valence-corrected chi connectivity index (χ3v) is 2.76. The zero-order valence-electron chi connectivity index (χ0n) is 8.01. The highest BCUT2D eigenvalue weighted by atomic mass is 32.1. The molecule has 1 aliphatic rings. The van der Waals surface area contributed by atoms with E-state index in [1.54, 1.807) is 0 Å². The molecule has 3 N–H and O–H groups in total. The minimum absolute atomic E-state index is 0.146. The van der Waals surface area contributed by atoms with E-state index >= 15 is 0 Å². The Hall–Kier alpha value is -1.08. The van der Waals surface area contributed by atoms with Crippen LogP contribution < -0.4 is 11.1 Å². The summed E-state index contributed by atoms with van der Waals surface area (Å²) in [6.45, 7) is 0.488. The summed E-state index contributed by atoms with van der Waals surface area (Å²) in [4.78, 5) is 14.5. The minimum Gasteiger partial charge on any atom is -0.361 e. The molecule has 0 atom stereocenters. The molecule has 0 bridgehead atoms. The summed E-state index contributed by atoms with van der Waals surface area (Å²) < 4.78 is 4.64. The lowest BCUT2D eigenvalue weighted by molar-refractivity contribution is 0.0958. The zero-order chi connectivity index (χ0) is 10.8.